The smallest absolute Gasteiger partial charge is 0.124 e. The second kappa shape index (κ2) is 10.3. The van der Waals surface area contributed by atoms with Crippen molar-refractivity contribution in [3.8, 4) is 11.1 Å². The van der Waals surface area contributed by atoms with Crippen molar-refractivity contribution in [2.24, 2.45) is 0 Å². The van der Waals surface area contributed by atoms with Crippen molar-refractivity contribution in [3.63, 3.8) is 0 Å². The Balaban J connectivity index is 1.35. The molecule has 2 heterocycles. The number of nitrogens with zero attached hydrogens (tertiary/aromatic N) is 3. The summed E-state index contributed by atoms with van der Waals surface area (Å²) in [6, 6.07) is 18.0. The minimum Gasteiger partial charge on any atom is -0.369 e. The second-order valence-corrected chi connectivity index (χ2v) is 9.99. The summed E-state index contributed by atoms with van der Waals surface area (Å²) in [5.41, 5.74) is 5.50. The molecule has 4 rings (SSSR count). The van der Waals surface area contributed by atoms with Gasteiger partial charge in [-0.2, -0.15) is 0 Å². The molecule has 0 spiro atoms. The number of aryl methyl sites for hydroxylation is 2. The summed E-state index contributed by atoms with van der Waals surface area (Å²) in [6.07, 6.45) is 5.20. The molecule has 3 aromatic rings. The SMILES string of the molecule is CC(C)SN1CCN(c2ccc(CCc3cc(F)cc(-c4ccncc4)c3)cc2)CC1. The van der Waals surface area contributed by atoms with E-state index in [0.29, 0.717) is 5.25 Å². The Kier molecular flexibility index (Phi) is 7.25. The standard InChI is InChI=1S/C26H30FN3S/c1-20(2)31-30-15-13-29(14-16-30)26-7-5-21(6-8-26)3-4-22-17-24(19-25(27)18-22)23-9-11-28-12-10-23/h5-12,17-20H,3-4,13-16H2,1-2H3. The normalized spacial score (nSPS) is 14.9. The molecule has 0 amide bonds. The van der Waals surface area contributed by atoms with Crippen LogP contribution in [0.4, 0.5) is 10.1 Å². The van der Waals surface area contributed by atoms with Gasteiger partial charge in [-0.1, -0.05) is 44.0 Å². The molecule has 0 bridgehead atoms. The summed E-state index contributed by atoms with van der Waals surface area (Å²) in [5.74, 6) is -0.186. The molecule has 2 aromatic carbocycles. The van der Waals surface area contributed by atoms with E-state index in [0.717, 1.165) is 55.7 Å². The lowest BCUT2D eigenvalue weighted by Crippen LogP contribution is -2.43. The summed E-state index contributed by atoms with van der Waals surface area (Å²) in [5, 5.41) is 0.643. The van der Waals surface area contributed by atoms with Crippen molar-refractivity contribution in [3.05, 3.63) is 83.9 Å². The molecule has 1 aliphatic rings. The molecule has 1 saturated heterocycles. The van der Waals surface area contributed by atoms with Crippen LogP contribution in [-0.4, -0.2) is 40.7 Å². The molecule has 0 radical (unpaired) electrons. The average molecular weight is 436 g/mol. The third-order valence-electron chi connectivity index (χ3n) is 5.57. The summed E-state index contributed by atoms with van der Waals surface area (Å²) in [7, 11) is 0. The molecule has 0 atom stereocenters. The fraction of sp³-hybridized carbons (Fsp3) is 0.346. The van der Waals surface area contributed by atoms with Crippen LogP contribution in [0.15, 0.2) is 67.0 Å². The minimum atomic E-state index is -0.186. The molecule has 1 aromatic heterocycles. The maximum Gasteiger partial charge on any atom is 0.124 e. The highest BCUT2D eigenvalue weighted by Crippen LogP contribution is 2.24. The number of halogens is 1. The minimum absolute atomic E-state index is 0.186. The van der Waals surface area contributed by atoms with E-state index in [1.54, 1.807) is 24.5 Å². The lowest BCUT2D eigenvalue weighted by molar-refractivity contribution is 0.428. The van der Waals surface area contributed by atoms with Crippen LogP contribution in [0.25, 0.3) is 11.1 Å². The van der Waals surface area contributed by atoms with Gasteiger partial charge in [0.05, 0.1) is 0 Å². The Morgan fingerprint density at radius 1 is 0.839 bits per heavy atom. The van der Waals surface area contributed by atoms with Gasteiger partial charge in [-0.05, 0) is 71.5 Å². The largest absolute Gasteiger partial charge is 0.369 e. The monoisotopic (exact) mass is 435 g/mol. The van der Waals surface area contributed by atoms with Crippen molar-refractivity contribution in [1.82, 2.24) is 9.29 Å². The van der Waals surface area contributed by atoms with Gasteiger partial charge in [0, 0.05) is 49.5 Å². The Morgan fingerprint density at radius 3 is 2.19 bits per heavy atom. The predicted molar refractivity (Wildman–Crippen MR) is 130 cm³/mol. The maximum atomic E-state index is 14.2. The molecular weight excluding hydrogens is 405 g/mol. The molecule has 3 nitrogen and oxygen atoms in total. The highest BCUT2D eigenvalue weighted by Gasteiger charge is 2.18. The molecule has 1 fully saturated rings. The summed E-state index contributed by atoms with van der Waals surface area (Å²) < 4.78 is 16.7. The first-order valence-electron chi connectivity index (χ1n) is 11.0. The van der Waals surface area contributed by atoms with E-state index in [9.17, 15) is 4.39 Å². The lowest BCUT2D eigenvalue weighted by atomic mass is 9.99. The van der Waals surface area contributed by atoms with Crippen LogP contribution >= 0.6 is 11.9 Å². The molecular formula is C26H30FN3S. The lowest BCUT2D eigenvalue weighted by Gasteiger charge is -2.36. The summed E-state index contributed by atoms with van der Waals surface area (Å²) in [6.45, 7) is 8.84. The zero-order valence-corrected chi connectivity index (χ0v) is 19.1. The van der Waals surface area contributed by atoms with E-state index in [1.807, 2.05) is 24.1 Å². The van der Waals surface area contributed by atoms with Crippen molar-refractivity contribution >= 4 is 17.6 Å². The number of aromatic nitrogens is 1. The zero-order valence-electron chi connectivity index (χ0n) is 18.3. The van der Waals surface area contributed by atoms with Crippen molar-refractivity contribution in [2.75, 3.05) is 31.1 Å². The van der Waals surface area contributed by atoms with E-state index in [2.05, 4.69) is 58.4 Å². The first-order chi connectivity index (χ1) is 15.1. The molecule has 1 aliphatic heterocycles. The van der Waals surface area contributed by atoms with Crippen LogP contribution in [0.5, 0.6) is 0 Å². The highest BCUT2D eigenvalue weighted by atomic mass is 32.2. The number of piperazine rings is 1. The van der Waals surface area contributed by atoms with Crippen LogP contribution in [0.2, 0.25) is 0 Å². The van der Waals surface area contributed by atoms with Gasteiger partial charge < -0.3 is 4.90 Å². The van der Waals surface area contributed by atoms with Crippen molar-refractivity contribution in [1.29, 1.82) is 0 Å². The topological polar surface area (TPSA) is 19.4 Å². The first-order valence-corrected chi connectivity index (χ1v) is 11.9. The quantitative estimate of drug-likeness (QED) is 0.433. The Bertz CT molecular complexity index is 968. The van der Waals surface area contributed by atoms with Gasteiger partial charge in [0.15, 0.2) is 0 Å². The fourth-order valence-electron chi connectivity index (χ4n) is 4.02. The Morgan fingerprint density at radius 2 is 1.52 bits per heavy atom. The summed E-state index contributed by atoms with van der Waals surface area (Å²) in [4.78, 5) is 6.51. The molecule has 5 heteroatoms. The third kappa shape index (κ3) is 6.08. The van der Waals surface area contributed by atoms with E-state index in [4.69, 9.17) is 0 Å². The number of hydrogen-bond donors (Lipinski definition) is 0. The van der Waals surface area contributed by atoms with Gasteiger partial charge in [-0.15, -0.1) is 0 Å². The van der Waals surface area contributed by atoms with Gasteiger partial charge in [0.25, 0.3) is 0 Å². The van der Waals surface area contributed by atoms with Crippen LogP contribution in [0.3, 0.4) is 0 Å². The molecule has 0 aliphatic carbocycles. The van der Waals surface area contributed by atoms with E-state index < -0.39 is 0 Å². The zero-order chi connectivity index (χ0) is 21.6. The van der Waals surface area contributed by atoms with Gasteiger partial charge >= 0.3 is 0 Å². The molecule has 0 N–H and O–H groups in total. The van der Waals surface area contributed by atoms with Gasteiger partial charge in [-0.25, -0.2) is 8.70 Å². The number of hydrogen-bond acceptors (Lipinski definition) is 4. The number of pyridine rings is 1. The van der Waals surface area contributed by atoms with Crippen LogP contribution < -0.4 is 4.90 Å². The Hall–Kier alpha value is -2.37. The third-order valence-corrected chi connectivity index (χ3v) is 6.66. The van der Waals surface area contributed by atoms with Crippen molar-refractivity contribution in [2.45, 2.75) is 31.9 Å². The van der Waals surface area contributed by atoms with Crippen LogP contribution in [-0.2, 0) is 12.8 Å². The van der Waals surface area contributed by atoms with Crippen LogP contribution in [0.1, 0.15) is 25.0 Å². The molecule has 0 saturated carbocycles. The maximum absolute atomic E-state index is 14.2. The predicted octanol–water partition coefficient (Wildman–Crippen LogP) is 5.85. The highest BCUT2D eigenvalue weighted by molar-refractivity contribution is 7.97. The average Bonchev–Trinajstić information content (AvgIpc) is 2.78. The molecule has 0 unspecified atom stereocenters. The first kappa shape index (κ1) is 21.8. The van der Waals surface area contributed by atoms with E-state index >= 15 is 0 Å². The number of anilines is 1. The summed E-state index contributed by atoms with van der Waals surface area (Å²) >= 11 is 1.96. The second-order valence-electron chi connectivity index (χ2n) is 8.32. The van der Waals surface area contributed by atoms with E-state index in [-0.39, 0.29) is 5.82 Å². The van der Waals surface area contributed by atoms with Gasteiger partial charge in [0.1, 0.15) is 5.82 Å². The van der Waals surface area contributed by atoms with Crippen molar-refractivity contribution < 1.29 is 4.39 Å². The van der Waals surface area contributed by atoms with Crippen LogP contribution in [0, 0.1) is 5.82 Å². The molecule has 162 valence electrons. The Labute approximate surface area is 189 Å². The number of benzene rings is 2. The number of rotatable bonds is 7. The molecule has 31 heavy (non-hydrogen) atoms. The van der Waals surface area contributed by atoms with E-state index in [1.165, 1.54) is 11.3 Å². The van der Waals surface area contributed by atoms with Gasteiger partial charge in [0.2, 0.25) is 0 Å². The fourth-order valence-corrected chi connectivity index (χ4v) is 4.99. The van der Waals surface area contributed by atoms with Gasteiger partial charge in [-0.3, -0.25) is 4.98 Å².